The highest BCUT2D eigenvalue weighted by Crippen LogP contribution is 2.25. The lowest BCUT2D eigenvalue weighted by Crippen LogP contribution is -1.97. The van der Waals surface area contributed by atoms with Crippen molar-refractivity contribution >= 4 is 0 Å². The van der Waals surface area contributed by atoms with E-state index in [9.17, 15) is 0 Å². The Bertz CT molecular complexity index is 532. The predicted molar refractivity (Wildman–Crippen MR) is 123 cm³/mol. The van der Waals surface area contributed by atoms with Crippen LogP contribution in [0.2, 0.25) is 0 Å². The van der Waals surface area contributed by atoms with Gasteiger partial charge in [-0.2, -0.15) is 0 Å². The molecule has 0 nitrogen and oxygen atoms in total. The fourth-order valence-electron chi connectivity index (χ4n) is 2.83. The van der Waals surface area contributed by atoms with E-state index in [1.165, 1.54) is 22.3 Å². The van der Waals surface area contributed by atoms with Crippen LogP contribution in [0.25, 0.3) is 0 Å². The van der Waals surface area contributed by atoms with Gasteiger partial charge in [-0.05, 0) is 45.9 Å². The summed E-state index contributed by atoms with van der Waals surface area (Å²) >= 11 is 0. The van der Waals surface area contributed by atoms with Gasteiger partial charge in [0.2, 0.25) is 0 Å². The highest BCUT2D eigenvalue weighted by Gasteiger charge is 2.07. The van der Waals surface area contributed by atoms with E-state index in [4.69, 9.17) is 0 Å². The van der Waals surface area contributed by atoms with Gasteiger partial charge in [-0.25, -0.2) is 0 Å². The minimum Gasteiger partial charge on any atom is -0.0776 e. The molecule has 0 atom stereocenters. The molecule has 0 radical (unpaired) electrons. The summed E-state index contributed by atoms with van der Waals surface area (Å²) in [5.74, 6) is 2.57. The van der Waals surface area contributed by atoms with Crippen LogP contribution in [0.5, 0.6) is 0 Å². The minimum atomic E-state index is 0. The fourth-order valence-corrected chi connectivity index (χ4v) is 2.83. The zero-order valence-electron chi connectivity index (χ0n) is 16.9. The Balaban J connectivity index is 0. The van der Waals surface area contributed by atoms with Crippen LogP contribution >= 0.6 is 0 Å². The summed E-state index contributed by atoms with van der Waals surface area (Å²) in [6, 6.07) is 17.7. The molecule has 0 saturated carbocycles. The van der Waals surface area contributed by atoms with Gasteiger partial charge in [0, 0.05) is 0 Å². The van der Waals surface area contributed by atoms with E-state index in [0.29, 0.717) is 23.7 Å². The van der Waals surface area contributed by atoms with Crippen molar-refractivity contribution < 1.29 is 0 Å². The number of rotatable bonds is 4. The van der Waals surface area contributed by atoms with Gasteiger partial charge in [0.15, 0.2) is 0 Å². The standard InChI is InChI=1S/2C12H18.2CH4/c1-9(2)11-5-7-12(8-6-11)10(3)4;1-9(2)11-7-5-6-8-12(11)10(3)4;;/h2*5-10H,1-4H3;2*1H4. The first-order valence-corrected chi connectivity index (χ1v) is 9.42. The lowest BCUT2D eigenvalue weighted by atomic mass is 9.91. The Morgan fingerprint density at radius 2 is 0.692 bits per heavy atom. The quantitative estimate of drug-likeness (QED) is 0.512. The van der Waals surface area contributed by atoms with Gasteiger partial charge in [0.1, 0.15) is 0 Å². The van der Waals surface area contributed by atoms with Crippen LogP contribution in [0.3, 0.4) is 0 Å². The lowest BCUT2D eigenvalue weighted by molar-refractivity contribution is 0.790. The zero-order chi connectivity index (χ0) is 18.3. The van der Waals surface area contributed by atoms with Gasteiger partial charge < -0.3 is 0 Å². The first-order valence-electron chi connectivity index (χ1n) is 9.42. The van der Waals surface area contributed by atoms with Crippen LogP contribution in [0.4, 0.5) is 0 Å². The lowest BCUT2D eigenvalue weighted by Gasteiger charge is -2.14. The van der Waals surface area contributed by atoms with Gasteiger partial charge in [-0.15, -0.1) is 0 Å². The Kier molecular flexibility index (Phi) is 13.1. The SMILES string of the molecule is C.C.CC(C)c1ccc(C(C)C)cc1.CC(C)c1ccccc1C(C)C. The molecule has 0 bridgehead atoms. The van der Waals surface area contributed by atoms with Gasteiger partial charge in [0.05, 0.1) is 0 Å². The monoisotopic (exact) mass is 356 g/mol. The predicted octanol–water partition coefficient (Wildman–Crippen LogP) is 9.14. The molecule has 26 heavy (non-hydrogen) atoms. The van der Waals surface area contributed by atoms with Crippen LogP contribution in [0.1, 0.15) is 116 Å². The summed E-state index contributed by atoms with van der Waals surface area (Å²) in [7, 11) is 0. The zero-order valence-corrected chi connectivity index (χ0v) is 16.9. The highest BCUT2D eigenvalue weighted by atomic mass is 14.1. The summed E-state index contributed by atoms with van der Waals surface area (Å²) in [6.07, 6.45) is 0. The Labute approximate surface area is 165 Å². The fraction of sp³-hybridized carbons (Fsp3) is 0.538. The Morgan fingerprint density at radius 1 is 0.423 bits per heavy atom. The molecule has 2 aromatic rings. The molecule has 0 aliphatic carbocycles. The molecular formula is C26H44. The number of hydrogen-bond donors (Lipinski definition) is 0. The largest absolute Gasteiger partial charge is 0.0776 e. The molecule has 0 spiro atoms. The van der Waals surface area contributed by atoms with Crippen molar-refractivity contribution in [2.45, 2.75) is 93.9 Å². The molecule has 0 aliphatic rings. The van der Waals surface area contributed by atoms with E-state index >= 15 is 0 Å². The first-order chi connectivity index (χ1) is 11.2. The van der Waals surface area contributed by atoms with Crippen molar-refractivity contribution in [3.8, 4) is 0 Å². The number of hydrogen-bond acceptors (Lipinski definition) is 0. The van der Waals surface area contributed by atoms with Gasteiger partial charge in [-0.1, -0.05) is 119 Å². The summed E-state index contributed by atoms with van der Waals surface area (Å²) in [5, 5.41) is 0. The second-order valence-electron chi connectivity index (χ2n) is 7.91. The molecule has 0 amide bonds. The molecule has 0 saturated heterocycles. The molecule has 0 N–H and O–H groups in total. The molecule has 148 valence electrons. The maximum Gasteiger partial charge on any atom is -0.0216 e. The maximum atomic E-state index is 2.25. The Hall–Kier alpha value is -1.56. The van der Waals surface area contributed by atoms with Crippen molar-refractivity contribution in [3.05, 3.63) is 70.8 Å². The third-order valence-corrected chi connectivity index (χ3v) is 4.51. The summed E-state index contributed by atoms with van der Waals surface area (Å²) in [5.41, 5.74) is 5.85. The normalized spacial score (nSPS) is 10.3. The van der Waals surface area contributed by atoms with Gasteiger partial charge in [0.25, 0.3) is 0 Å². The molecule has 0 unspecified atom stereocenters. The highest BCUT2D eigenvalue weighted by molar-refractivity contribution is 5.31. The smallest absolute Gasteiger partial charge is 0.0216 e. The third kappa shape index (κ3) is 8.21. The van der Waals surface area contributed by atoms with Crippen LogP contribution in [-0.2, 0) is 0 Å². The summed E-state index contributed by atoms with van der Waals surface area (Å²) < 4.78 is 0. The molecular weight excluding hydrogens is 312 g/mol. The van der Waals surface area contributed by atoms with Crippen LogP contribution in [0, 0.1) is 0 Å². The van der Waals surface area contributed by atoms with E-state index in [2.05, 4.69) is 104 Å². The molecule has 0 fully saturated rings. The van der Waals surface area contributed by atoms with E-state index < -0.39 is 0 Å². The molecule has 0 heterocycles. The van der Waals surface area contributed by atoms with E-state index in [1.54, 1.807) is 0 Å². The second-order valence-corrected chi connectivity index (χ2v) is 7.91. The average Bonchev–Trinajstić information content (AvgIpc) is 2.55. The molecule has 2 rings (SSSR count). The van der Waals surface area contributed by atoms with E-state index in [-0.39, 0.29) is 14.9 Å². The molecule has 0 heteroatoms. The first kappa shape index (κ1) is 26.7. The van der Waals surface area contributed by atoms with Crippen LogP contribution in [-0.4, -0.2) is 0 Å². The van der Waals surface area contributed by atoms with Crippen molar-refractivity contribution in [3.63, 3.8) is 0 Å². The van der Waals surface area contributed by atoms with Gasteiger partial charge >= 0.3 is 0 Å². The Morgan fingerprint density at radius 3 is 0.885 bits per heavy atom. The van der Waals surface area contributed by atoms with E-state index in [1.807, 2.05) is 0 Å². The molecule has 0 aliphatic heterocycles. The topological polar surface area (TPSA) is 0 Å². The minimum absolute atomic E-state index is 0. The number of benzene rings is 2. The van der Waals surface area contributed by atoms with Gasteiger partial charge in [-0.3, -0.25) is 0 Å². The van der Waals surface area contributed by atoms with Crippen molar-refractivity contribution in [2.24, 2.45) is 0 Å². The van der Waals surface area contributed by atoms with Crippen LogP contribution in [0.15, 0.2) is 48.5 Å². The second kappa shape index (κ2) is 12.7. The maximum absolute atomic E-state index is 2.25. The summed E-state index contributed by atoms with van der Waals surface area (Å²) in [4.78, 5) is 0. The van der Waals surface area contributed by atoms with Crippen molar-refractivity contribution in [1.29, 1.82) is 0 Å². The molecule has 0 aromatic heterocycles. The summed E-state index contributed by atoms with van der Waals surface area (Å²) in [6.45, 7) is 17.9. The van der Waals surface area contributed by atoms with E-state index in [0.717, 1.165) is 0 Å². The van der Waals surface area contributed by atoms with Crippen molar-refractivity contribution in [2.75, 3.05) is 0 Å². The van der Waals surface area contributed by atoms with Crippen molar-refractivity contribution in [1.82, 2.24) is 0 Å². The third-order valence-electron chi connectivity index (χ3n) is 4.51. The molecule has 2 aromatic carbocycles. The average molecular weight is 357 g/mol. The van der Waals surface area contributed by atoms with Crippen LogP contribution < -0.4 is 0 Å².